The summed E-state index contributed by atoms with van der Waals surface area (Å²) in [6.45, 7) is 12.2. The molecule has 2 nitrogen and oxygen atoms in total. The number of hydrogen-bond donors (Lipinski definition) is 1. The Balaban J connectivity index is 2.39. The lowest BCUT2D eigenvalue weighted by molar-refractivity contribution is 0.566. The standard InChI is InChI=1S/C16H22N2/c1-12(2)11-18-15(10-17-13(3)4)9-14-7-5-6-8-16(14)18/h5-9,13,17H,1,10-11H2,2-4H3. The maximum absolute atomic E-state index is 4.03. The van der Waals surface area contributed by atoms with Gasteiger partial charge in [0.25, 0.3) is 0 Å². The maximum Gasteiger partial charge on any atom is 0.0485 e. The van der Waals surface area contributed by atoms with E-state index in [1.54, 1.807) is 0 Å². The minimum absolute atomic E-state index is 0.501. The number of fused-ring (bicyclic) bond motifs is 1. The van der Waals surface area contributed by atoms with Gasteiger partial charge >= 0.3 is 0 Å². The minimum Gasteiger partial charge on any atom is -0.339 e. The van der Waals surface area contributed by atoms with Crippen molar-refractivity contribution in [3.63, 3.8) is 0 Å². The van der Waals surface area contributed by atoms with Crippen molar-refractivity contribution in [2.24, 2.45) is 0 Å². The van der Waals surface area contributed by atoms with Crippen molar-refractivity contribution in [2.75, 3.05) is 0 Å². The van der Waals surface area contributed by atoms with E-state index in [1.165, 1.54) is 22.2 Å². The lowest BCUT2D eigenvalue weighted by Crippen LogP contribution is -2.23. The molecule has 1 N–H and O–H groups in total. The van der Waals surface area contributed by atoms with Gasteiger partial charge in [0.05, 0.1) is 0 Å². The van der Waals surface area contributed by atoms with Crippen LogP contribution in [0.1, 0.15) is 26.5 Å². The molecule has 0 unspecified atom stereocenters. The van der Waals surface area contributed by atoms with Crippen molar-refractivity contribution in [2.45, 2.75) is 39.9 Å². The predicted octanol–water partition coefficient (Wildman–Crippen LogP) is 3.72. The van der Waals surface area contributed by atoms with Gasteiger partial charge < -0.3 is 9.88 Å². The molecule has 1 heterocycles. The molecule has 0 aliphatic carbocycles. The van der Waals surface area contributed by atoms with Crippen LogP contribution < -0.4 is 5.32 Å². The summed E-state index contributed by atoms with van der Waals surface area (Å²) in [5, 5.41) is 4.79. The van der Waals surface area contributed by atoms with Gasteiger partial charge in [0.15, 0.2) is 0 Å². The molecule has 96 valence electrons. The van der Waals surface area contributed by atoms with Crippen LogP contribution in [0.3, 0.4) is 0 Å². The molecular formula is C16H22N2. The molecule has 2 rings (SSSR count). The first kappa shape index (κ1) is 12.9. The number of allylic oxidation sites excluding steroid dienone is 1. The first-order valence-corrected chi connectivity index (χ1v) is 6.53. The first-order valence-electron chi connectivity index (χ1n) is 6.53. The van der Waals surface area contributed by atoms with Crippen molar-refractivity contribution < 1.29 is 0 Å². The van der Waals surface area contributed by atoms with Crippen LogP contribution in [0.15, 0.2) is 42.5 Å². The Bertz CT molecular complexity index is 549. The lowest BCUT2D eigenvalue weighted by atomic mass is 10.2. The Kier molecular flexibility index (Phi) is 3.87. The summed E-state index contributed by atoms with van der Waals surface area (Å²) in [4.78, 5) is 0. The van der Waals surface area contributed by atoms with E-state index in [2.05, 4.69) is 67.6 Å². The topological polar surface area (TPSA) is 17.0 Å². The molecule has 0 amide bonds. The van der Waals surface area contributed by atoms with Gasteiger partial charge in [-0.05, 0) is 24.4 Å². The van der Waals surface area contributed by atoms with E-state index < -0.39 is 0 Å². The number of para-hydroxylation sites is 1. The second-order valence-electron chi connectivity index (χ2n) is 5.27. The van der Waals surface area contributed by atoms with Crippen LogP contribution >= 0.6 is 0 Å². The second kappa shape index (κ2) is 5.40. The van der Waals surface area contributed by atoms with E-state index in [9.17, 15) is 0 Å². The fraction of sp³-hybridized carbons (Fsp3) is 0.375. The highest BCUT2D eigenvalue weighted by Crippen LogP contribution is 2.21. The zero-order valence-electron chi connectivity index (χ0n) is 11.5. The Morgan fingerprint density at radius 1 is 1.33 bits per heavy atom. The van der Waals surface area contributed by atoms with Gasteiger partial charge in [-0.3, -0.25) is 0 Å². The zero-order valence-corrected chi connectivity index (χ0v) is 11.5. The molecule has 0 radical (unpaired) electrons. The molecule has 1 aromatic carbocycles. The summed E-state index contributed by atoms with van der Waals surface area (Å²) in [7, 11) is 0. The molecule has 0 fully saturated rings. The van der Waals surface area contributed by atoms with Crippen molar-refractivity contribution in [1.29, 1.82) is 0 Å². The molecule has 0 saturated carbocycles. The van der Waals surface area contributed by atoms with Gasteiger partial charge in [-0.1, -0.05) is 44.2 Å². The molecule has 0 atom stereocenters. The fourth-order valence-corrected chi connectivity index (χ4v) is 2.18. The molecule has 0 aliphatic heterocycles. The third-order valence-corrected chi connectivity index (χ3v) is 3.02. The highest BCUT2D eigenvalue weighted by Gasteiger charge is 2.08. The number of nitrogens with one attached hydrogen (secondary N) is 1. The quantitative estimate of drug-likeness (QED) is 0.791. The Hall–Kier alpha value is -1.54. The molecule has 2 aromatic rings. The summed E-state index contributed by atoms with van der Waals surface area (Å²) in [6, 6.07) is 11.3. The highest BCUT2D eigenvalue weighted by molar-refractivity contribution is 5.81. The van der Waals surface area contributed by atoms with Crippen LogP contribution in [0.5, 0.6) is 0 Å². The van der Waals surface area contributed by atoms with Crippen molar-refractivity contribution in [1.82, 2.24) is 9.88 Å². The third-order valence-electron chi connectivity index (χ3n) is 3.02. The summed E-state index contributed by atoms with van der Waals surface area (Å²) in [5.74, 6) is 0. The first-order chi connectivity index (χ1) is 8.58. The smallest absolute Gasteiger partial charge is 0.0485 e. The molecule has 0 aliphatic rings. The SMILES string of the molecule is C=C(C)Cn1c(CNC(C)C)cc2ccccc21. The van der Waals surface area contributed by atoms with Crippen LogP contribution in [-0.4, -0.2) is 10.6 Å². The van der Waals surface area contributed by atoms with E-state index in [4.69, 9.17) is 0 Å². The number of hydrogen-bond acceptors (Lipinski definition) is 1. The van der Waals surface area contributed by atoms with E-state index >= 15 is 0 Å². The van der Waals surface area contributed by atoms with E-state index in [0.717, 1.165) is 13.1 Å². The number of aromatic nitrogens is 1. The average Bonchev–Trinajstić information content (AvgIpc) is 2.64. The number of nitrogens with zero attached hydrogens (tertiary/aromatic N) is 1. The molecule has 0 spiro atoms. The van der Waals surface area contributed by atoms with E-state index in [-0.39, 0.29) is 0 Å². The monoisotopic (exact) mass is 242 g/mol. The summed E-state index contributed by atoms with van der Waals surface area (Å²) in [6.07, 6.45) is 0. The predicted molar refractivity (Wildman–Crippen MR) is 78.7 cm³/mol. The van der Waals surface area contributed by atoms with Crippen LogP contribution in [0.25, 0.3) is 10.9 Å². The summed E-state index contributed by atoms with van der Waals surface area (Å²) < 4.78 is 2.35. The van der Waals surface area contributed by atoms with Gasteiger partial charge in [-0.25, -0.2) is 0 Å². The Morgan fingerprint density at radius 3 is 2.72 bits per heavy atom. The Morgan fingerprint density at radius 2 is 2.06 bits per heavy atom. The second-order valence-corrected chi connectivity index (χ2v) is 5.27. The minimum atomic E-state index is 0.501. The maximum atomic E-state index is 4.03. The van der Waals surface area contributed by atoms with Crippen molar-refractivity contribution in [3.8, 4) is 0 Å². The normalized spacial score (nSPS) is 11.3. The average molecular weight is 242 g/mol. The number of rotatable bonds is 5. The fourth-order valence-electron chi connectivity index (χ4n) is 2.18. The van der Waals surface area contributed by atoms with Gasteiger partial charge in [-0.2, -0.15) is 0 Å². The van der Waals surface area contributed by atoms with Crippen LogP contribution in [-0.2, 0) is 13.1 Å². The van der Waals surface area contributed by atoms with Gasteiger partial charge in [-0.15, -0.1) is 0 Å². The van der Waals surface area contributed by atoms with E-state index in [0.29, 0.717) is 6.04 Å². The largest absolute Gasteiger partial charge is 0.339 e. The van der Waals surface area contributed by atoms with Gasteiger partial charge in [0.2, 0.25) is 0 Å². The highest BCUT2D eigenvalue weighted by atomic mass is 15.0. The molecule has 0 bridgehead atoms. The zero-order chi connectivity index (χ0) is 13.1. The Labute approximate surface area is 109 Å². The molecule has 2 heteroatoms. The summed E-state index contributed by atoms with van der Waals surface area (Å²) in [5.41, 5.74) is 3.80. The third kappa shape index (κ3) is 2.82. The molecule has 1 aromatic heterocycles. The van der Waals surface area contributed by atoms with E-state index in [1.807, 2.05) is 0 Å². The molecule has 18 heavy (non-hydrogen) atoms. The van der Waals surface area contributed by atoms with Gasteiger partial charge in [0.1, 0.15) is 0 Å². The summed E-state index contributed by atoms with van der Waals surface area (Å²) >= 11 is 0. The lowest BCUT2D eigenvalue weighted by Gasteiger charge is -2.13. The number of benzene rings is 1. The van der Waals surface area contributed by atoms with Crippen LogP contribution in [0.4, 0.5) is 0 Å². The van der Waals surface area contributed by atoms with Crippen molar-refractivity contribution in [3.05, 3.63) is 48.2 Å². The van der Waals surface area contributed by atoms with Crippen molar-refractivity contribution >= 4 is 10.9 Å². The molecule has 0 saturated heterocycles. The van der Waals surface area contributed by atoms with Crippen LogP contribution in [0.2, 0.25) is 0 Å². The van der Waals surface area contributed by atoms with Crippen LogP contribution in [0, 0.1) is 0 Å². The molecular weight excluding hydrogens is 220 g/mol. The van der Waals surface area contributed by atoms with Gasteiger partial charge in [0, 0.05) is 30.3 Å².